The smallest absolute Gasteiger partial charge is 0.232 e. The molecule has 1 aromatic carbocycles. The summed E-state index contributed by atoms with van der Waals surface area (Å²) in [6.07, 6.45) is 3.48. The maximum absolute atomic E-state index is 13.1. The highest BCUT2D eigenvalue weighted by Gasteiger charge is 2.41. The van der Waals surface area contributed by atoms with Gasteiger partial charge in [0.1, 0.15) is 3.70 Å². The van der Waals surface area contributed by atoms with E-state index in [1.807, 2.05) is 37.3 Å². The van der Waals surface area contributed by atoms with Gasteiger partial charge in [-0.1, -0.05) is 23.7 Å². The maximum Gasteiger partial charge on any atom is 0.232 e. The zero-order valence-corrected chi connectivity index (χ0v) is 19.5. The highest BCUT2D eigenvalue weighted by Crippen LogP contribution is 2.41. The Hall–Kier alpha value is -1.91. The van der Waals surface area contributed by atoms with Gasteiger partial charge in [0, 0.05) is 36.7 Å². The fourth-order valence-corrected chi connectivity index (χ4v) is 4.90. The predicted octanol–water partition coefficient (Wildman–Crippen LogP) is 4.02. The van der Waals surface area contributed by atoms with E-state index in [-0.39, 0.29) is 24.3 Å². The lowest BCUT2D eigenvalue weighted by Crippen LogP contribution is -2.55. The zero-order chi connectivity index (χ0) is 21.3. The van der Waals surface area contributed by atoms with Crippen molar-refractivity contribution in [3.05, 3.63) is 50.8 Å². The van der Waals surface area contributed by atoms with Gasteiger partial charge in [0.05, 0.1) is 22.7 Å². The van der Waals surface area contributed by atoms with Gasteiger partial charge < -0.3 is 15.8 Å². The van der Waals surface area contributed by atoms with Crippen LogP contribution in [-0.2, 0) is 15.1 Å². The summed E-state index contributed by atoms with van der Waals surface area (Å²) in [5, 5.41) is 3.85. The molecular weight excluding hydrogens is 517 g/mol. The molecule has 3 heterocycles. The van der Waals surface area contributed by atoms with Crippen molar-refractivity contribution in [1.82, 2.24) is 9.88 Å². The molecule has 1 fully saturated rings. The highest BCUT2D eigenvalue weighted by molar-refractivity contribution is 14.1. The summed E-state index contributed by atoms with van der Waals surface area (Å²) >= 11 is 8.93. The molecule has 2 aliphatic heterocycles. The molecule has 0 bridgehead atoms. The number of nitrogens with zero attached hydrogens (tertiary/aromatic N) is 3. The number of guanidine groups is 1. The van der Waals surface area contributed by atoms with Crippen molar-refractivity contribution >= 4 is 57.4 Å². The lowest BCUT2D eigenvalue weighted by atomic mass is 9.86. The van der Waals surface area contributed by atoms with Crippen LogP contribution in [0, 0.1) is 3.70 Å². The van der Waals surface area contributed by atoms with Gasteiger partial charge in [-0.3, -0.25) is 14.7 Å². The molecule has 9 heteroatoms. The third-order valence-electron chi connectivity index (χ3n) is 5.51. The summed E-state index contributed by atoms with van der Waals surface area (Å²) in [4.78, 5) is 23.7. The molecule has 2 aliphatic rings. The van der Waals surface area contributed by atoms with Gasteiger partial charge in [-0.2, -0.15) is 0 Å². The number of carbonyl (C=O) groups excluding carboxylic acids is 1. The number of amides is 1. The van der Waals surface area contributed by atoms with E-state index in [9.17, 15) is 4.79 Å². The Bertz CT molecular complexity index is 995. The van der Waals surface area contributed by atoms with Crippen LogP contribution in [0.15, 0.2) is 41.5 Å². The van der Waals surface area contributed by atoms with Crippen LogP contribution in [0.25, 0.3) is 0 Å². The quantitative estimate of drug-likeness (QED) is 0.452. The van der Waals surface area contributed by atoms with E-state index in [0.717, 1.165) is 33.5 Å². The van der Waals surface area contributed by atoms with Crippen LogP contribution >= 0.6 is 34.2 Å². The Kier molecular flexibility index (Phi) is 6.17. The van der Waals surface area contributed by atoms with E-state index < -0.39 is 5.54 Å². The molecule has 0 saturated carbocycles. The highest BCUT2D eigenvalue weighted by atomic mass is 127. The number of anilines is 2. The Morgan fingerprint density at radius 2 is 2.10 bits per heavy atom. The van der Waals surface area contributed by atoms with E-state index in [2.05, 4.69) is 32.9 Å². The van der Waals surface area contributed by atoms with Crippen molar-refractivity contribution in [3.63, 3.8) is 0 Å². The second-order valence-corrected chi connectivity index (χ2v) is 9.17. The average molecular weight is 540 g/mol. The number of benzene rings is 1. The minimum absolute atomic E-state index is 0.0324. The SMILES string of the molecule is C[C@@]1(c2cccc(Nc3ccnc(I)c3)c2Cl)CC(=O)N(C2CCOCC2)C(N)=N1. The first-order valence-electron chi connectivity index (χ1n) is 9.80. The number of hydrogen-bond acceptors (Lipinski definition) is 6. The Morgan fingerprint density at radius 1 is 1.33 bits per heavy atom. The molecule has 1 amide bonds. The number of carbonyl (C=O) groups is 1. The second-order valence-electron chi connectivity index (χ2n) is 7.69. The Balaban J connectivity index is 1.65. The van der Waals surface area contributed by atoms with E-state index in [4.69, 9.17) is 27.1 Å². The zero-order valence-electron chi connectivity index (χ0n) is 16.6. The van der Waals surface area contributed by atoms with E-state index >= 15 is 0 Å². The van der Waals surface area contributed by atoms with Gasteiger partial charge in [0.15, 0.2) is 5.96 Å². The minimum atomic E-state index is -0.829. The molecule has 1 atom stereocenters. The Labute approximate surface area is 194 Å². The summed E-state index contributed by atoms with van der Waals surface area (Å²) in [5.74, 6) is 0.216. The maximum atomic E-state index is 13.1. The lowest BCUT2D eigenvalue weighted by molar-refractivity contribution is -0.132. The lowest BCUT2D eigenvalue weighted by Gasteiger charge is -2.40. The number of pyridine rings is 1. The first kappa shape index (κ1) is 21.3. The van der Waals surface area contributed by atoms with Gasteiger partial charge in [0.2, 0.25) is 5.91 Å². The van der Waals surface area contributed by atoms with Crippen molar-refractivity contribution in [2.24, 2.45) is 10.7 Å². The van der Waals surface area contributed by atoms with Crippen LogP contribution in [0.5, 0.6) is 0 Å². The van der Waals surface area contributed by atoms with Gasteiger partial charge >= 0.3 is 0 Å². The van der Waals surface area contributed by atoms with Gasteiger partial charge in [-0.25, -0.2) is 4.99 Å². The predicted molar refractivity (Wildman–Crippen MR) is 126 cm³/mol. The summed E-state index contributed by atoms with van der Waals surface area (Å²) in [6.45, 7) is 3.17. The number of hydrogen-bond donors (Lipinski definition) is 2. The molecule has 2 aromatic rings. The number of aromatic nitrogens is 1. The van der Waals surface area contributed by atoms with Gasteiger partial charge in [0.25, 0.3) is 0 Å². The van der Waals surface area contributed by atoms with Crippen LogP contribution in [0.2, 0.25) is 5.02 Å². The fourth-order valence-electron chi connectivity index (χ4n) is 4.02. The number of ether oxygens (including phenoxy) is 1. The number of aliphatic imine (C=N–C) groups is 1. The molecule has 7 nitrogen and oxygen atoms in total. The first-order chi connectivity index (χ1) is 14.4. The molecule has 0 radical (unpaired) electrons. The van der Waals surface area contributed by atoms with Crippen molar-refractivity contribution in [3.8, 4) is 0 Å². The summed E-state index contributed by atoms with van der Waals surface area (Å²) in [7, 11) is 0. The topological polar surface area (TPSA) is 92.8 Å². The molecule has 1 saturated heterocycles. The normalized spacial score (nSPS) is 22.7. The summed E-state index contributed by atoms with van der Waals surface area (Å²) in [5.41, 5.74) is 7.85. The summed E-state index contributed by atoms with van der Waals surface area (Å²) in [6, 6.07) is 9.54. The first-order valence-corrected chi connectivity index (χ1v) is 11.3. The van der Waals surface area contributed by atoms with Crippen LogP contribution < -0.4 is 11.1 Å². The third kappa shape index (κ3) is 4.26. The van der Waals surface area contributed by atoms with E-state index in [0.29, 0.717) is 18.2 Å². The molecule has 3 N–H and O–H groups in total. The van der Waals surface area contributed by atoms with Crippen molar-refractivity contribution in [1.29, 1.82) is 0 Å². The molecule has 0 unspecified atom stereocenters. The van der Waals surface area contributed by atoms with Gasteiger partial charge in [-0.05, 0) is 60.6 Å². The monoisotopic (exact) mass is 539 g/mol. The largest absolute Gasteiger partial charge is 0.381 e. The molecule has 0 spiro atoms. The summed E-state index contributed by atoms with van der Waals surface area (Å²) < 4.78 is 6.28. The second kappa shape index (κ2) is 8.68. The number of rotatable bonds is 4. The minimum Gasteiger partial charge on any atom is -0.381 e. The number of nitrogens with two attached hydrogens (primary N) is 1. The van der Waals surface area contributed by atoms with Crippen molar-refractivity contribution in [2.45, 2.75) is 37.8 Å². The molecule has 1 aromatic heterocycles. The van der Waals surface area contributed by atoms with E-state index in [1.165, 1.54) is 0 Å². The van der Waals surface area contributed by atoms with Crippen LogP contribution in [0.1, 0.15) is 31.7 Å². The van der Waals surface area contributed by atoms with Crippen molar-refractivity contribution < 1.29 is 9.53 Å². The molecule has 0 aliphatic carbocycles. The van der Waals surface area contributed by atoms with E-state index in [1.54, 1.807) is 11.1 Å². The van der Waals surface area contributed by atoms with Crippen molar-refractivity contribution in [2.75, 3.05) is 18.5 Å². The average Bonchev–Trinajstić information content (AvgIpc) is 2.70. The van der Waals surface area contributed by atoms with Crippen LogP contribution in [0.3, 0.4) is 0 Å². The van der Waals surface area contributed by atoms with Crippen LogP contribution in [-0.4, -0.2) is 41.0 Å². The fraction of sp³-hybridized carbons (Fsp3) is 0.381. The van der Waals surface area contributed by atoms with Gasteiger partial charge in [-0.15, -0.1) is 0 Å². The molecule has 158 valence electrons. The standard InChI is InChI=1S/C21H23ClIN5O2/c1-21(12-18(29)28(20(24)27-21)14-6-9-30-10-7-14)15-3-2-4-16(19(15)22)26-13-5-8-25-17(23)11-13/h2-5,8,11,14H,6-7,9-10,12H2,1H3,(H2,24,27)(H,25,26)/t21-/m0/s1. The molecule has 4 rings (SSSR count). The van der Waals surface area contributed by atoms with Crippen LogP contribution in [0.4, 0.5) is 11.4 Å². The molecular formula is C21H23ClIN5O2. The molecule has 30 heavy (non-hydrogen) atoms. The third-order valence-corrected chi connectivity index (χ3v) is 6.51. The Morgan fingerprint density at radius 3 is 2.80 bits per heavy atom. The number of nitrogens with one attached hydrogen (secondary N) is 1. The number of halogens is 2.